The van der Waals surface area contributed by atoms with Crippen LogP contribution in [-0.2, 0) is 0 Å². The predicted molar refractivity (Wildman–Crippen MR) is 71.3 cm³/mol. The minimum Gasteiger partial charge on any atom is -0.313 e. The Morgan fingerprint density at radius 1 is 1.29 bits per heavy atom. The van der Waals surface area contributed by atoms with Gasteiger partial charge >= 0.3 is 0 Å². The van der Waals surface area contributed by atoms with Gasteiger partial charge in [-0.1, -0.05) is 18.2 Å². The predicted octanol–water partition coefficient (Wildman–Crippen LogP) is 2.47. The molecule has 0 spiro atoms. The summed E-state index contributed by atoms with van der Waals surface area (Å²) in [6.45, 7) is 1.16. The normalized spacial score (nSPS) is 19.9. The van der Waals surface area contributed by atoms with Crippen molar-refractivity contribution < 1.29 is 0 Å². The Balaban J connectivity index is 1.79. The van der Waals surface area contributed by atoms with E-state index in [0.29, 0.717) is 6.04 Å². The minimum atomic E-state index is 0.647. The molecule has 1 saturated heterocycles. The average Bonchev–Trinajstić information content (AvgIpc) is 2.89. The van der Waals surface area contributed by atoms with Crippen LogP contribution in [0.2, 0.25) is 0 Å². The van der Waals surface area contributed by atoms with E-state index in [0.717, 1.165) is 28.2 Å². The molecular formula is C13H15N3S. The van der Waals surface area contributed by atoms with Crippen molar-refractivity contribution in [2.75, 3.05) is 12.3 Å². The first-order valence-electron chi connectivity index (χ1n) is 5.99. The van der Waals surface area contributed by atoms with Crippen LogP contribution in [0.15, 0.2) is 35.6 Å². The van der Waals surface area contributed by atoms with Gasteiger partial charge in [0.25, 0.3) is 0 Å². The molecule has 2 aromatic rings. The van der Waals surface area contributed by atoms with Gasteiger partial charge in [0.1, 0.15) is 11.4 Å². The highest BCUT2D eigenvalue weighted by molar-refractivity contribution is 7.99. The smallest absolute Gasteiger partial charge is 0.117 e. The topological polar surface area (TPSA) is 37.8 Å². The van der Waals surface area contributed by atoms with Gasteiger partial charge in [0.2, 0.25) is 0 Å². The van der Waals surface area contributed by atoms with Crippen LogP contribution < -0.4 is 5.32 Å². The van der Waals surface area contributed by atoms with Crippen LogP contribution in [0.25, 0.3) is 10.9 Å². The summed E-state index contributed by atoms with van der Waals surface area (Å²) < 4.78 is 0. The van der Waals surface area contributed by atoms with E-state index in [1.165, 1.54) is 12.8 Å². The van der Waals surface area contributed by atoms with Crippen molar-refractivity contribution in [2.24, 2.45) is 0 Å². The van der Waals surface area contributed by atoms with Gasteiger partial charge in [0.15, 0.2) is 0 Å². The monoisotopic (exact) mass is 245 g/mol. The lowest BCUT2D eigenvalue weighted by molar-refractivity contribution is 0.674. The molecule has 1 aliphatic heterocycles. The Morgan fingerprint density at radius 3 is 3.12 bits per heavy atom. The standard InChI is InChI=1S/C13H15N3S/c1-2-6-12-11(5-1)13(16-9-15-12)17-8-10-4-3-7-14-10/h1-2,5-6,9-10,14H,3-4,7-8H2/t10-/m0/s1. The largest absolute Gasteiger partial charge is 0.313 e. The third-order valence-corrected chi connectivity index (χ3v) is 4.26. The second-order valence-electron chi connectivity index (χ2n) is 4.30. The number of benzene rings is 1. The van der Waals surface area contributed by atoms with Gasteiger partial charge in [0.05, 0.1) is 5.52 Å². The van der Waals surface area contributed by atoms with Crippen LogP contribution in [-0.4, -0.2) is 28.3 Å². The summed E-state index contributed by atoms with van der Waals surface area (Å²) in [5.41, 5.74) is 1.03. The summed E-state index contributed by atoms with van der Waals surface area (Å²) in [7, 11) is 0. The maximum absolute atomic E-state index is 4.39. The molecule has 1 N–H and O–H groups in total. The summed E-state index contributed by atoms with van der Waals surface area (Å²) in [6, 6.07) is 8.84. The maximum atomic E-state index is 4.39. The number of fused-ring (bicyclic) bond motifs is 1. The molecule has 0 radical (unpaired) electrons. The zero-order chi connectivity index (χ0) is 11.5. The summed E-state index contributed by atoms with van der Waals surface area (Å²) in [6.07, 6.45) is 4.25. The van der Waals surface area contributed by atoms with Gasteiger partial charge in [0, 0.05) is 17.2 Å². The van der Waals surface area contributed by atoms with Crippen LogP contribution in [0.5, 0.6) is 0 Å². The van der Waals surface area contributed by atoms with E-state index < -0.39 is 0 Å². The van der Waals surface area contributed by atoms with Crippen molar-refractivity contribution in [3.8, 4) is 0 Å². The Bertz CT molecular complexity index is 503. The van der Waals surface area contributed by atoms with Gasteiger partial charge < -0.3 is 5.32 Å². The highest BCUT2D eigenvalue weighted by Crippen LogP contribution is 2.25. The fraction of sp³-hybridized carbons (Fsp3) is 0.385. The molecule has 0 aliphatic carbocycles. The van der Waals surface area contributed by atoms with Crippen molar-refractivity contribution >= 4 is 22.7 Å². The van der Waals surface area contributed by atoms with Crippen molar-refractivity contribution in [2.45, 2.75) is 23.9 Å². The van der Waals surface area contributed by atoms with E-state index in [1.807, 2.05) is 30.0 Å². The lowest BCUT2D eigenvalue weighted by atomic mass is 10.2. The molecule has 88 valence electrons. The number of nitrogens with one attached hydrogen (secondary N) is 1. The first-order valence-corrected chi connectivity index (χ1v) is 6.98. The molecule has 0 bridgehead atoms. The van der Waals surface area contributed by atoms with Crippen molar-refractivity contribution in [3.63, 3.8) is 0 Å². The van der Waals surface area contributed by atoms with Crippen molar-refractivity contribution in [3.05, 3.63) is 30.6 Å². The second-order valence-corrected chi connectivity index (χ2v) is 5.31. The second kappa shape index (κ2) is 5.02. The average molecular weight is 245 g/mol. The number of hydrogen-bond acceptors (Lipinski definition) is 4. The van der Waals surface area contributed by atoms with Gasteiger partial charge in [-0.15, -0.1) is 11.8 Å². The molecule has 17 heavy (non-hydrogen) atoms. The molecule has 0 unspecified atom stereocenters. The van der Waals surface area contributed by atoms with Crippen molar-refractivity contribution in [1.82, 2.24) is 15.3 Å². The fourth-order valence-electron chi connectivity index (χ4n) is 2.17. The highest BCUT2D eigenvalue weighted by atomic mass is 32.2. The quantitative estimate of drug-likeness (QED) is 0.666. The molecule has 0 saturated carbocycles. The molecule has 3 nitrogen and oxygen atoms in total. The van der Waals surface area contributed by atoms with Gasteiger partial charge in [-0.25, -0.2) is 9.97 Å². The van der Waals surface area contributed by atoms with Gasteiger partial charge in [-0.05, 0) is 25.5 Å². The maximum Gasteiger partial charge on any atom is 0.117 e. The molecule has 1 fully saturated rings. The number of rotatable bonds is 3. The lowest BCUT2D eigenvalue weighted by Crippen LogP contribution is -2.23. The van der Waals surface area contributed by atoms with Gasteiger partial charge in [-0.3, -0.25) is 0 Å². The van der Waals surface area contributed by atoms with E-state index in [4.69, 9.17) is 0 Å². The molecule has 0 amide bonds. The SMILES string of the molecule is c1ccc2c(SC[C@@H]3CCCN3)ncnc2c1. The summed E-state index contributed by atoms with van der Waals surface area (Å²) in [5.74, 6) is 1.10. The molecule has 4 heteroatoms. The zero-order valence-electron chi connectivity index (χ0n) is 9.60. The third-order valence-electron chi connectivity index (χ3n) is 3.09. The molecule has 1 aromatic heterocycles. The first kappa shape index (κ1) is 11.0. The van der Waals surface area contributed by atoms with E-state index in [2.05, 4.69) is 21.4 Å². The molecule has 1 atom stereocenters. The Morgan fingerprint density at radius 2 is 2.24 bits per heavy atom. The van der Waals surface area contributed by atoms with Crippen LogP contribution in [0.4, 0.5) is 0 Å². The molecular weight excluding hydrogens is 230 g/mol. The molecule has 2 heterocycles. The number of nitrogens with zero attached hydrogens (tertiary/aromatic N) is 2. The van der Waals surface area contributed by atoms with E-state index in [1.54, 1.807) is 6.33 Å². The summed E-state index contributed by atoms with van der Waals surface area (Å²) >= 11 is 1.83. The number of para-hydroxylation sites is 1. The Hall–Kier alpha value is -1.13. The summed E-state index contributed by atoms with van der Waals surface area (Å²) in [5, 5.41) is 5.78. The third kappa shape index (κ3) is 2.42. The number of aromatic nitrogens is 2. The molecule has 3 rings (SSSR count). The number of thioether (sulfide) groups is 1. The minimum absolute atomic E-state index is 0.647. The van der Waals surface area contributed by atoms with E-state index in [-0.39, 0.29) is 0 Å². The fourth-order valence-corrected chi connectivity index (χ4v) is 3.27. The van der Waals surface area contributed by atoms with E-state index in [9.17, 15) is 0 Å². The number of hydrogen-bond donors (Lipinski definition) is 1. The van der Waals surface area contributed by atoms with Crippen LogP contribution in [0.3, 0.4) is 0 Å². The Labute approximate surface area is 105 Å². The molecule has 1 aromatic carbocycles. The Kier molecular flexibility index (Phi) is 3.25. The highest BCUT2D eigenvalue weighted by Gasteiger charge is 2.15. The van der Waals surface area contributed by atoms with Crippen molar-refractivity contribution in [1.29, 1.82) is 0 Å². The van der Waals surface area contributed by atoms with Crippen LogP contribution >= 0.6 is 11.8 Å². The van der Waals surface area contributed by atoms with Gasteiger partial charge in [-0.2, -0.15) is 0 Å². The van der Waals surface area contributed by atoms with Crippen LogP contribution in [0.1, 0.15) is 12.8 Å². The zero-order valence-corrected chi connectivity index (χ0v) is 10.4. The first-order chi connectivity index (χ1) is 8.43. The summed E-state index contributed by atoms with van der Waals surface area (Å²) in [4.78, 5) is 8.67. The lowest BCUT2D eigenvalue weighted by Gasteiger charge is -2.09. The van der Waals surface area contributed by atoms with E-state index >= 15 is 0 Å². The van der Waals surface area contributed by atoms with Crippen LogP contribution in [0, 0.1) is 0 Å². The molecule has 1 aliphatic rings.